The summed E-state index contributed by atoms with van der Waals surface area (Å²) in [6.07, 6.45) is 0.318. The van der Waals surface area contributed by atoms with Crippen LogP contribution in [0.3, 0.4) is 0 Å². The van der Waals surface area contributed by atoms with Gasteiger partial charge in [-0.15, -0.1) is 0 Å². The number of alkyl carbamates (subject to hydrolysis) is 2. The molecule has 1 atom stereocenters. The van der Waals surface area contributed by atoms with E-state index in [0.717, 1.165) is 39.7 Å². The molecule has 0 radical (unpaired) electrons. The Hall–Kier alpha value is -6.52. The average molecular weight is 959 g/mol. The maximum absolute atomic E-state index is 11.8. The summed E-state index contributed by atoms with van der Waals surface area (Å²) in [5.41, 5.74) is 13.7. The van der Waals surface area contributed by atoms with Gasteiger partial charge in [0.2, 0.25) is 0 Å². The Morgan fingerprint density at radius 3 is 1.20 bits per heavy atom. The monoisotopic (exact) mass is 959 g/mol. The van der Waals surface area contributed by atoms with Crippen molar-refractivity contribution in [1.82, 2.24) is 21.5 Å². The lowest BCUT2D eigenvalue weighted by molar-refractivity contribution is -0.121. The first-order valence-corrected chi connectivity index (χ1v) is 23.6. The molecule has 69 heavy (non-hydrogen) atoms. The van der Waals surface area contributed by atoms with E-state index in [0.29, 0.717) is 19.6 Å². The largest absolute Gasteiger partial charge is 0.445 e. The van der Waals surface area contributed by atoms with Gasteiger partial charge in [0.15, 0.2) is 5.78 Å². The van der Waals surface area contributed by atoms with Gasteiger partial charge < -0.3 is 50.8 Å². The minimum absolute atomic E-state index is 0.0142. The standard InChI is InChI=1S/C16H24N2O3.C14H22N2O3.C12H19N3O2.C11H17N/c1-11(2)9-15(19)12(3)18-16(20)21-10-13-5-7-14(17-4)8-6-13;1-11(2)18-9-8-16-14(17)19-10-12-4-6-13(15-3)7-5-12;1-9(2)14-15-12(16)17-8-10-4-6-11(13-3)7-5-10;1-9(2)8-10-4-6-11(12-3)7-5-10/h5-8,11-12,17H,9-10H2,1-4H3,(H,18,20);4-7,11,15H,8-10H2,1-3H3,(H,16,17);4-7,9,13-14H,8H2,1-3H3,(H,15,16);4-7,9,12H,8H2,1-3H3. The number of hydrogen-bond donors (Lipinski definition) is 8. The summed E-state index contributed by atoms with van der Waals surface area (Å²) >= 11 is 0. The van der Waals surface area contributed by atoms with Crippen molar-refractivity contribution >= 4 is 46.8 Å². The second kappa shape index (κ2) is 35.6. The summed E-state index contributed by atoms with van der Waals surface area (Å²) in [7, 11) is 7.50. The molecule has 0 aliphatic rings. The Kier molecular flexibility index (Phi) is 31.2. The number of ether oxygens (including phenoxy) is 4. The van der Waals surface area contributed by atoms with Crippen molar-refractivity contribution in [1.29, 1.82) is 0 Å². The van der Waals surface area contributed by atoms with Crippen molar-refractivity contribution < 1.29 is 38.1 Å². The second-order valence-electron chi connectivity index (χ2n) is 17.3. The zero-order chi connectivity index (χ0) is 51.6. The lowest BCUT2D eigenvalue weighted by Crippen LogP contribution is -2.41. The molecule has 16 heteroatoms. The van der Waals surface area contributed by atoms with Gasteiger partial charge in [-0.05, 0) is 124 Å². The number of anilines is 4. The van der Waals surface area contributed by atoms with Gasteiger partial charge >= 0.3 is 18.3 Å². The summed E-state index contributed by atoms with van der Waals surface area (Å²) in [6, 6.07) is 31.3. The molecule has 382 valence electrons. The molecular weight excluding hydrogens is 877 g/mol. The van der Waals surface area contributed by atoms with Crippen LogP contribution in [0.2, 0.25) is 0 Å². The topological polar surface area (TPSA) is 201 Å². The van der Waals surface area contributed by atoms with E-state index in [-0.39, 0.29) is 43.7 Å². The number of hydrogen-bond acceptors (Lipinski definition) is 13. The number of carbonyl (C=O) groups excluding carboxylic acids is 4. The molecule has 0 saturated heterocycles. The quantitative estimate of drug-likeness (QED) is 0.0210. The molecule has 4 aromatic rings. The van der Waals surface area contributed by atoms with Crippen LogP contribution in [0.1, 0.15) is 91.0 Å². The van der Waals surface area contributed by atoms with Gasteiger partial charge in [0.05, 0.1) is 18.8 Å². The van der Waals surface area contributed by atoms with Gasteiger partial charge in [-0.1, -0.05) is 76.2 Å². The van der Waals surface area contributed by atoms with Crippen LogP contribution in [0.5, 0.6) is 0 Å². The maximum Gasteiger partial charge on any atom is 0.421 e. The summed E-state index contributed by atoms with van der Waals surface area (Å²) in [4.78, 5) is 46.0. The van der Waals surface area contributed by atoms with Crippen molar-refractivity contribution in [3.63, 3.8) is 0 Å². The zero-order valence-corrected chi connectivity index (χ0v) is 43.3. The highest BCUT2D eigenvalue weighted by Gasteiger charge is 2.17. The van der Waals surface area contributed by atoms with Crippen LogP contribution in [0.25, 0.3) is 0 Å². The minimum Gasteiger partial charge on any atom is -0.445 e. The molecule has 0 bridgehead atoms. The number of carbonyl (C=O) groups is 4. The first kappa shape index (κ1) is 60.5. The van der Waals surface area contributed by atoms with Gasteiger partial charge in [-0.3, -0.25) is 10.2 Å². The first-order valence-electron chi connectivity index (χ1n) is 23.6. The van der Waals surface area contributed by atoms with Crippen LogP contribution in [0.15, 0.2) is 97.1 Å². The molecule has 0 fully saturated rings. The normalized spacial score (nSPS) is 10.7. The van der Waals surface area contributed by atoms with E-state index in [2.05, 4.69) is 80.9 Å². The lowest BCUT2D eigenvalue weighted by Gasteiger charge is -2.14. The zero-order valence-electron chi connectivity index (χ0n) is 43.3. The van der Waals surface area contributed by atoms with E-state index in [1.54, 1.807) is 6.92 Å². The van der Waals surface area contributed by atoms with Gasteiger partial charge in [-0.25, -0.2) is 19.8 Å². The highest BCUT2D eigenvalue weighted by Crippen LogP contribution is 2.14. The number of amides is 3. The Bertz CT molecular complexity index is 1990. The molecule has 0 aromatic heterocycles. The SMILES string of the molecule is CNc1ccc(CC(C)C)cc1.CNc1ccc(COC(=O)NC(C)C(=O)CC(C)C)cc1.CNc1ccc(COC(=O)NCCOC(C)C)cc1.CNc1ccc(COC(=O)NNC(C)C)cc1. The van der Waals surface area contributed by atoms with Crippen LogP contribution >= 0.6 is 0 Å². The Labute approximate surface area is 412 Å². The second-order valence-corrected chi connectivity index (χ2v) is 17.3. The molecular formula is C53H82N8O8. The molecule has 16 nitrogen and oxygen atoms in total. The van der Waals surface area contributed by atoms with Crippen LogP contribution in [-0.4, -0.2) is 83.6 Å². The van der Waals surface area contributed by atoms with E-state index in [1.807, 2.05) is 143 Å². The molecule has 0 aliphatic heterocycles. The molecule has 3 amide bonds. The molecule has 8 N–H and O–H groups in total. The average Bonchev–Trinajstić information content (AvgIpc) is 3.33. The van der Waals surface area contributed by atoms with E-state index in [1.165, 1.54) is 17.7 Å². The third-order valence-electron chi connectivity index (χ3n) is 9.44. The number of nitrogens with one attached hydrogen (secondary N) is 8. The molecule has 0 heterocycles. The van der Waals surface area contributed by atoms with Crippen LogP contribution in [-0.2, 0) is 50.0 Å². The summed E-state index contributed by atoms with van der Waals surface area (Å²) < 4.78 is 20.5. The highest BCUT2D eigenvalue weighted by molar-refractivity contribution is 5.87. The molecule has 1 unspecified atom stereocenters. The molecule has 0 aliphatic carbocycles. The van der Waals surface area contributed by atoms with Crippen LogP contribution in [0, 0.1) is 11.8 Å². The van der Waals surface area contributed by atoms with Crippen molar-refractivity contribution in [3.05, 3.63) is 119 Å². The number of hydrazine groups is 1. The maximum atomic E-state index is 11.8. The summed E-state index contributed by atoms with van der Waals surface area (Å²) in [6.45, 7) is 19.5. The predicted octanol–water partition coefficient (Wildman–Crippen LogP) is 10.1. The third kappa shape index (κ3) is 30.5. The Morgan fingerprint density at radius 2 is 0.855 bits per heavy atom. The smallest absolute Gasteiger partial charge is 0.421 e. The van der Waals surface area contributed by atoms with E-state index in [4.69, 9.17) is 18.9 Å². The fourth-order valence-electron chi connectivity index (χ4n) is 5.64. The van der Waals surface area contributed by atoms with Gasteiger partial charge in [-0.2, -0.15) is 0 Å². The minimum atomic E-state index is -0.572. The van der Waals surface area contributed by atoms with Crippen LogP contribution in [0.4, 0.5) is 37.1 Å². The summed E-state index contributed by atoms with van der Waals surface area (Å²) in [5.74, 6) is 1.04. The van der Waals surface area contributed by atoms with E-state index >= 15 is 0 Å². The number of benzene rings is 4. The number of ketones is 1. The number of rotatable bonds is 22. The van der Waals surface area contributed by atoms with Gasteiger partial charge in [0.1, 0.15) is 19.8 Å². The molecule has 4 rings (SSSR count). The molecule has 0 saturated carbocycles. The third-order valence-corrected chi connectivity index (χ3v) is 9.44. The fraction of sp³-hybridized carbons (Fsp3) is 0.472. The fourth-order valence-corrected chi connectivity index (χ4v) is 5.64. The molecule has 0 spiro atoms. The Balaban J connectivity index is 0.000000467. The summed E-state index contributed by atoms with van der Waals surface area (Å²) in [5, 5.41) is 17.4. The van der Waals surface area contributed by atoms with Gasteiger partial charge in [0, 0.05) is 69.9 Å². The Morgan fingerprint density at radius 1 is 0.478 bits per heavy atom. The van der Waals surface area contributed by atoms with Gasteiger partial charge in [0.25, 0.3) is 0 Å². The predicted molar refractivity (Wildman–Crippen MR) is 281 cm³/mol. The highest BCUT2D eigenvalue weighted by atomic mass is 16.6. The first-order chi connectivity index (χ1) is 32.9. The lowest BCUT2D eigenvalue weighted by atomic mass is 10.0. The molecule has 4 aromatic carbocycles. The van der Waals surface area contributed by atoms with Crippen LogP contribution < -0.4 is 42.8 Å². The van der Waals surface area contributed by atoms with Crippen molar-refractivity contribution in [3.8, 4) is 0 Å². The number of Topliss-reactive ketones (excluding diaryl/α,β-unsaturated/α-hetero) is 1. The van der Waals surface area contributed by atoms with Crippen molar-refractivity contribution in [2.75, 3.05) is 62.6 Å². The van der Waals surface area contributed by atoms with Crippen molar-refractivity contribution in [2.24, 2.45) is 11.8 Å². The van der Waals surface area contributed by atoms with E-state index < -0.39 is 24.3 Å². The van der Waals surface area contributed by atoms with E-state index in [9.17, 15) is 19.2 Å². The van der Waals surface area contributed by atoms with Crippen molar-refractivity contribution in [2.45, 2.75) is 113 Å².